The number of hydrogen-bond donors (Lipinski definition) is 2. The molecule has 1 aromatic heterocycles. The Hall–Kier alpha value is -4.34. The van der Waals surface area contributed by atoms with E-state index in [0.717, 1.165) is 0 Å². The van der Waals surface area contributed by atoms with Crippen molar-refractivity contribution in [1.82, 2.24) is 9.97 Å². The minimum atomic E-state index is -0.530. The SMILES string of the molecule is COc1cc(OC)c(/C=c2\[nH]c(=O)/c(=C/c3c(OC)cc(OC)cc3OC)[nH]c2=O)c(OC)c1. The monoisotopic (exact) mass is 470 g/mol. The molecule has 2 aromatic carbocycles. The van der Waals surface area contributed by atoms with Gasteiger partial charge in [0.2, 0.25) is 0 Å². The Morgan fingerprint density at radius 1 is 0.529 bits per heavy atom. The molecule has 0 aliphatic carbocycles. The molecule has 1 heterocycles. The van der Waals surface area contributed by atoms with Gasteiger partial charge in [-0.3, -0.25) is 9.59 Å². The molecule has 0 saturated heterocycles. The number of ether oxygens (including phenoxy) is 6. The Morgan fingerprint density at radius 3 is 1.06 bits per heavy atom. The fourth-order valence-corrected chi connectivity index (χ4v) is 3.33. The zero-order valence-corrected chi connectivity index (χ0v) is 19.7. The minimum Gasteiger partial charge on any atom is -0.496 e. The molecule has 0 bridgehead atoms. The van der Waals surface area contributed by atoms with Crippen molar-refractivity contribution in [1.29, 1.82) is 0 Å². The van der Waals surface area contributed by atoms with E-state index < -0.39 is 11.1 Å². The van der Waals surface area contributed by atoms with Gasteiger partial charge in [-0.25, -0.2) is 0 Å². The third kappa shape index (κ3) is 4.85. The van der Waals surface area contributed by atoms with E-state index in [-0.39, 0.29) is 10.7 Å². The average Bonchev–Trinajstić information content (AvgIpc) is 2.86. The molecule has 0 spiro atoms. The molecular weight excluding hydrogens is 444 g/mol. The predicted molar refractivity (Wildman–Crippen MR) is 126 cm³/mol. The van der Waals surface area contributed by atoms with Crippen LogP contribution in [0.1, 0.15) is 11.1 Å². The number of H-pyrrole nitrogens is 2. The van der Waals surface area contributed by atoms with E-state index in [4.69, 9.17) is 28.4 Å². The average molecular weight is 470 g/mol. The number of benzene rings is 2. The first-order chi connectivity index (χ1) is 16.4. The summed E-state index contributed by atoms with van der Waals surface area (Å²) in [6.45, 7) is 0. The molecule has 2 N–H and O–H groups in total. The number of rotatable bonds is 8. The molecule has 0 fully saturated rings. The molecule has 180 valence electrons. The predicted octanol–water partition coefficient (Wildman–Crippen LogP) is 0.772. The van der Waals surface area contributed by atoms with Gasteiger partial charge in [0, 0.05) is 24.3 Å². The molecule has 0 saturated carbocycles. The van der Waals surface area contributed by atoms with Crippen LogP contribution in [0.3, 0.4) is 0 Å². The fraction of sp³-hybridized carbons (Fsp3) is 0.250. The van der Waals surface area contributed by atoms with Gasteiger partial charge < -0.3 is 38.4 Å². The summed E-state index contributed by atoms with van der Waals surface area (Å²) in [5.41, 5.74) is -0.140. The van der Waals surface area contributed by atoms with Crippen LogP contribution >= 0.6 is 0 Å². The summed E-state index contributed by atoms with van der Waals surface area (Å²) in [5.74, 6) is 2.64. The first-order valence-electron chi connectivity index (χ1n) is 10.0. The molecule has 3 rings (SSSR count). The van der Waals surface area contributed by atoms with Crippen LogP contribution < -0.4 is 50.2 Å². The van der Waals surface area contributed by atoms with Crippen molar-refractivity contribution in [2.24, 2.45) is 0 Å². The maximum Gasteiger partial charge on any atom is 0.272 e. The molecule has 0 atom stereocenters. The van der Waals surface area contributed by atoms with E-state index in [1.165, 1.54) is 54.8 Å². The van der Waals surface area contributed by atoms with Crippen LogP contribution in [0.5, 0.6) is 34.5 Å². The van der Waals surface area contributed by atoms with Crippen molar-refractivity contribution >= 4 is 12.2 Å². The van der Waals surface area contributed by atoms with Gasteiger partial charge in [0.1, 0.15) is 45.2 Å². The van der Waals surface area contributed by atoms with Crippen molar-refractivity contribution < 1.29 is 28.4 Å². The van der Waals surface area contributed by atoms with E-state index in [0.29, 0.717) is 45.6 Å². The van der Waals surface area contributed by atoms with Gasteiger partial charge in [-0.05, 0) is 12.2 Å². The largest absolute Gasteiger partial charge is 0.496 e. The second-order valence-corrected chi connectivity index (χ2v) is 6.92. The van der Waals surface area contributed by atoms with Gasteiger partial charge in [0.15, 0.2) is 0 Å². The standard InChI is InChI=1S/C24H26N2O8/c1-29-13-7-19(31-3)15(20(8-13)32-4)11-17-23(27)26-18(24(28)25-17)12-16-21(33-5)9-14(30-2)10-22(16)34-6/h7-12H,1-6H3,(H,25,28)(H,26,27)/b17-11-,18-12-. The van der Waals surface area contributed by atoms with Crippen LogP contribution in [-0.2, 0) is 0 Å². The maximum absolute atomic E-state index is 12.9. The molecule has 0 aliphatic heterocycles. The second-order valence-electron chi connectivity index (χ2n) is 6.92. The second kappa shape index (κ2) is 10.5. The number of methoxy groups -OCH3 is 6. The molecule has 10 heteroatoms. The highest BCUT2D eigenvalue weighted by atomic mass is 16.5. The lowest BCUT2D eigenvalue weighted by Gasteiger charge is -2.12. The Morgan fingerprint density at radius 2 is 0.824 bits per heavy atom. The molecule has 0 aliphatic rings. The normalized spacial score (nSPS) is 11.8. The highest BCUT2D eigenvalue weighted by Gasteiger charge is 2.13. The Balaban J connectivity index is 2.24. The minimum absolute atomic E-state index is 0.0116. The number of aromatic nitrogens is 2. The Kier molecular flexibility index (Phi) is 7.52. The van der Waals surface area contributed by atoms with E-state index in [9.17, 15) is 9.59 Å². The lowest BCUT2D eigenvalue weighted by molar-refractivity contribution is 0.373. The van der Waals surface area contributed by atoms with Gasteiger partial charge in [0.05, 0.1) is 53.8 Å². The Labute approximate surface area is 195 Å². The molecule has 3 aromatic rings. The third-order valence-electron chi connectivity index (χ3n) is 5.07. The van der Waals surface area contributed by atoms with Crippen molar-refractivity contribution in [2.75, 3.05) is 42.7 Å². The van der Waals surface area contributed by atoms with Crippen molar-refractivity contribution in [2.45, 2.75) is 0 Å². The summed E-state index contributed by atoms with van der Waals surface area (Å²) in [6.07, 6.45) is 2.94. The summed E-state index contributed by atoms with van der Waals surface area (Å²) in [5, 5.41) is 0.0233. The van der Waals surface area contributed by atoms with E-state index >= 15 is 0 Å². The van der Waals surface area contributed by atoms with Gasteiger partial charge in [-0.15, -0.1) is 0 Å². The van der Waals surface area contributed by atoms with Gasteiger partial charge >= 0.3 is 0 Å². The van der Waals surface area contributed by atoms with E-state index in [2.05, 4.69) is 9.97 Å². The molecule has 0 unspecified atom stereocenters. The molecule has 10 nitrogen and oxygen atoms in total. The van der Waals surface area contributed by atoms with Gasteiger partial charge in [0.25, 0.3) is 11.1 Å². The van der Waals surface area contributed by atoms with Crippen LogP contribution in [0.2, 0.25) is 0 Å². The summed E-state index contributed by atoms with van der Waals surface area (Å²) in [7, 11) is 8.94. The van der Waals surface area contributed by atoms with Crippen molar-refractivity contribution in [3.8, 4) is 34.5 Å². The van der Waals surface area contributed by atoms with Crippen LogP contribution in [0.4, 0.5) is 0 Å². The summed E-state index contributed by atoms with van der Waals surface area (Å²) in [6, 6.07) is 6.58. The molecule has 0 amide bonds. The highest BCUT2D eigenvalue weighted by molar-refractivity contribution is 5.67. The van der Waals surface area contributed by atoms with Crippen LogP contribution in [-0.4, -0.2) is 52.6 Å². The summed E-state index contributed by atoms with van der Waals surface area (Å²) < 4.78 is 32.1. The fourth-order valence-electron chi connectivity index (χ4n) is 3.33. The topological polar surface area (TPSA) is 121 Å². The Bertz CT molecular complexity index is 1260. The number of hydrogen-bond acceptors (Lipinski definition) is 8. The number of aromatic amines is 2. The van der Waals surface area contributed by atoms with Crippen LogP contribution in [0, 0.1) is 0 Å². The number of nitrogens with one attached hydrogen (secondary N) is 2. The molecular formula is C24H26N2O8. The van der Waals surface area contributed by atoms with Crippen LogP contribution in [0.15, 0.2) is 33.9 Å². The van der Waals surface area contributed by atoms with E-state index in [1.807, 2.05) is 0 Å². The first-order valence-corrected chi connectivity index (χ1v) is 10.0. The van der Waals surface area contributed by atoms with Crippen LogP contribution in [0.25, 0.3) is 12.2 Å². The third-order valence-corrected chi connectivity index (χ3v) is 5.07. The maximum atomic E-state index is 12.9. The highest BCUT2D eigenvalue weighted by Crippen LogP contribution is 2.35. The summed E-state index contributed by atoms with van der Waals surface area (Å²) >= 11 is 0. The van der Waals surface area contributed by atoms with Gasteiger partial charge in [-0.1, -0.05) is 0 Å². The lowest BCUT2D eigenvalue weighted by Crippen LogP contribution is -2.46. The smallest absolute Gasteiger partial charge is 0.272 e. The molecule has 34 heavy (non-hydrogen) atoms. The van der Waals surface area contributed by atoms with Gasteiger partial charge in [-0.2, -0.15) is 0 Å². The quantitative estimate of drug-likeness (QED) is 0.495. The first kappa shape index (κ1) is 24.3. The molecule has 0 radical (unpaired) electrons. The zero-order chi connectivity index (χ0) is 24.8. The lowest BCUT2D eigenvalue weighted by atomic mass is 10.1. The summed E-state index contributed by atoms with van der Waals surface area (Å²) in [4.78, 5) is 30.9. The van der Waals surface area contributed by atoms with Crippen molar-refractivity contribution in [3.63, 3.8) is 0 Å². The van der Waals surface area contributed by atoms with Crippen molar-refractivity contribution in [3.05, 3.63) is 66.8 Å². The zero-order valence-electron chi connectivity index (χ0n) is 19.7. The van der Waals surface area contributed by atoms with E-state index in [1.54, 1.807) is 24.3 Å².